The number of amides is 1. The maximum absolute atomic E-state index is 11.9. The number of nitrogens with zero attached hydrogens (tertiary/aromatic N) is 3. The molecule has 0 aromatic carbocycles. The lowest BCUT2D eigenvalue weighted by Gasteiger charge is -2.09. The molecule has 0 bridgehead atoms. The predicted molar refractivity (Wildman–Crippen MR) is 109 cm³/mol. The Morgan fingerprint density at radius 1 is 1.32 bits per heavy atom. The molecule has 0 fully saturated rings. The number of thiazole rings is 1. The third kappa shape index (κ3) is 3.36. The summed E-state index contributed by atoms with van der Waals surface area (Å²) in [5, 5.41) is 2.91. The predicted octanol–water partition coefficient (Wildman–Crippen LogP) is 4.28. The largest absolute Gasteiger partial charge is 0.467 e. The molecule has 0 unspecified atom stereocenters. The van der Waals surface area contributed by atoms with Crippen LogP contribution in [0.3, 0.4) is 0 Å². The van der Waals surface area contributed by atoms with Crippen molar-refractivity contribution >= 4 is 17.2 Å². The average molecular weight is 392 g/mol. The number of hydrogen-bond acceptors (Lipinski definition) is 5. The van der Waals surface area contributed by atoms with Gasteiger partial charge in [0.25, 0.3) is 5.91 Å². The van der Waals surface area contributed by atoms with Crippen LogP contribution in [-0.2, 0) is 13.0 Å². The number of carbonyl (C=O) groups is 1. The molecular formula is C21H20N4O2S. The zero-order valence-electron chi connectivity index (χ0n) is 15.7. The van der Waals surface area contributed by atoms with E-state index in [1.54, 1.807) is 17.6 Å². The van der Waals surface area contributed by atoms with Crippen LogP contribution in [0.5, 0.6) is 0 Å². The van der Waals surface area contributed by atoms with Gasteiger partial charge in [-0.3, -0.25) is 9.78 Å². The molecule has 0 aliphatic carbocycles. The first-order valence-electron chi connectivity index (χ1n) is 9.00. The van der Waals surface area contributed by atoms with Crippen molar-refractivity contribution < 1.29 is 9.21 Å². The second-order valence-electron chi connectivity index (χ2n) is 6.49. The second-order valence-corrected chi connectivity index (χ2v) is 7.34. The van der Waals surface area contributed by atoms with Crippen molar-refractivity contribution in [3.63, 3.8) is 0 Å². The Morgan fingerprint density at radius 3 is 2.89 bits per heavy atom. The molecular weight excluding hydrogens is 372 g/mol. The molecule has 0 saturated carbocycles. The lowest BCUT2D eigenvalue weighted by molar-refractivity contribution is 0.0999. The Bertz CT molecular complexity index is 1130. The molecule has 0 aliphatic rings. The van der Waals surface area contributed by atoms with Gasteiger partial charge in [0.15, 0.2) is 0 Å². The highest BCUT2D eigenvalue weighted by molar-refractivity contribution is 7.13. The Kier molecular flexibility index (Phi) is 4.83. The standard InChI is InChI=1S/C21H20N4O2S/c1-3-15-9-14(6-7-23-15)21-24-18(12-28-21)19-10-17(20(22)26)13(2)25(19)11-16-5-4-8-27-16/h4-10,12H,3,11H2,1-2H3,(H2,22,26). The molecule has 142 valence electrons. The highest BCUT2D eigenvalue weighted by atomic mass is 32.1. The van der Waals surface area contributed by atoms with Gasteiger partial charge in [0.05, 0.1) is 29.8 Å². The van der Waals surface area contributed by atoms with Crippen molar-refractivity contribution in [2.24, 2.45) is 5.73 Å². The van der Waals surface area contributed by atoms with E-state index in [4.69, 9.17) is 15.1 Å². The molecule has 0 saturated heterocycles. The van der Waals surface area contributed by atoms with Gasteiger partial charge in [-0.1, -0.05) is 6.92 Å². The zero-order chi connectivity index (χ0) is 19.7. The van der Waals surface area contributed by atoms with Crippen LogP contribution in [0.2, 0.25) is 0 Å². The van der Waals surface area contributed by atoms with Gasteiger partial charge in [-0.2, -0.15) is 0 Å². The number of aromatic nitrogens is 3. The fraction of sp³-hybridized carbons (Fsp3) is 0.190. The van der Waals surface area contributed by atoms with Crippen molar-refractivity contribution in [3.05, 3.63) is 70.9 Å². The monoisotopic (exact) mass is 392 g/mol. The summed E-state index contributed by atoms with van der Waals surface area (Å²) in [5.74, 6) is 0.349. The molecule has 2 N–H and O–H groups in total. The van der Waals surface area contributed by atoms with Crippen LogP contribution in [0.15, 0.2) is 52.6 Å². The molecule has 0 atom stereocenters. The minimum Gasteiger partial charge on any atom is -0.467 e. The van der Waals surface area contributed by atoms with Gasteiger partial charge >= 0.3 is 0 Å². The summed E-state index contributed by atoms with van der Waals surface area (Å²) < 4.78 is 7.51. The van der Waals surface area contributed by atoms with Crippen molar-refractivity contribution in [1.29, 1.82) is 0 Å². The summed E-state index contributed by atoms with van der Waals surface area (Å²) in [6.07, 6.45) is 4.32. The van der Waals surface area contributed by atoms with Crippen molar-refractivity contribution in [2.75, 3.05) is 0 Å². The summed E-state index contributed by atoms with van der Waals surface area (Å²) in [4.78, 5) is 21.0. The average Bonchev–Trinajstić information content (AvgIpc) is 3.44. The van der Waals surface area contributed by atoms with E-state index in [-0.39, 0.29) is 0 Å². The molecule has 0 spiro atoms. The van der Waals surface area contributed by atoms with Gasteiger partial charge in [-0.05, 0) is 43.7 Å². The topological polar surface area (TPSA) is 86.9 Å². The summed E-state index contributed by atoms with van der Waals surface area (Å²) in [7, 11) is 0. The quantitative estimate of drug-likeness (QED) is 0.530. The number of primary amides is 1. The number of rotatable bonds is 6. The molecule has 4 heterocycles. The van der Waals surface area contributed by atoms with Crippen molar-refractivity contribution in [3.8, 4) is 22.0 Å². The summed E-state index contributed by atoms with van der Waals surface area (Å²) in [5.41, 5.74) is 10.6. The van der Waals surface area contributed by atoms with Crippen LogP contribution < -0.4 is 5.73 Å². The number of furan rings is 1. The van der Waals surface area contributed by atoms with Crippen LogP contribution in [0.1, 0.15) is 34.4 Å². The lowest BCUT2D eigenvalue weighted by atomic mass is 10.2. The van der Waals surface area contributed by atoms with Gasteiger partial charge in [-0.25, -0.2) is 4.98 Å². The molecule has 0 radical (unpaired) electrons. The number of pyridine rings is 1. The smallest absolute Gasteiger partial charge is 0.250 e. The Hall–Kier alpha value is -3.19. The van der Waals surface area contributed by atoms with E-state index in [1.807, 2.05) is 47.3 Å². The van der Waals surface area contributed by atoms with Crippen LogP contribution in [-0.4, -0.2) is 20.4 Å². The first kappa shape index (κ1) is 18.2. The van der Waals surface area contributed by atoms with Gasteiger partial charge in [0.1, 0.15) is 10.8 Å². The van der Waals surface area contributed by atoms with Gasteiger partial charge in [-0.15, -0.1) is 11.3 Å². The Morgan fingerprint density at radius 2 is 2.18 bits per heavy atom. The summed E-state index contributed by atoms with van der Waals surface area (Å²) >= 11 is 1.57. The van der Waals surface area contributed by atoms with Crippen LogP contribution in [0.4, 0.5) is 0 Å². The van der Waals surface area contributed by atoms with E-state index < -0.39 is 5.91 Å². The second kappa shape index (κ2) is 7.44. The fourth-order valence-electron chi connectivity index (χ4n) is 3.20. The number of hydrogen-bond donors (Lipinski definition) is 1. The van der Waals surface area contributed by atoms with Crippen molar-refractivity contribution in [1.82, 2.24) is 14.5 Å². The molecule has 28 heavy (non-hydrogen) atoms. The molecule has 4 rings (SSSR count). The Labute approximate surface area is 166 Å². The number of carbonyl (C=O) groups excluding carboxylic acids is 1. The van der Waals surface area contributed by atoms with Gasteiger partial charge in [0.2, 0.25) is 0 Å². The maximum Gasteiger partial charge on any atom is 0.250 e. The first-order chi connectivity index (χ1) is 13.6. The van der Waals surface area contributed by atoms with E-state index in [9.17, 15) is 4.79 Å². The molecule has 4 aromatic heterocycles. The van der Waals surface area contributed by atoms with Gasteiger partial charge < -0.3 is 14.7 Å². The number of aryl methyl sites for hydroxylation is 1. The van der Waals surface area contributed by atoms with Crippen LogP contribution >= 0.6 is 11.3 Å². The van der Waals surface area contributed by atoms with Crippen LogP contribution in [0.25, 0.3) is 22.0 Å². The maximum atomic E-state index is 11.9. The number of nitrogens with two attached hydrogens (primary N) is 1. The highest BCUT2D eigenvalue weighted by Crippen LogP contribution is 2.32. The van der Waals surface area contributed by atoms with Crippen molar-refractivity contribution in [2.45, 2.75) is 26.8 Å². The van der Waals surface area contributed by atoms with E-state index in [0.29, 0.717) is 12.1 Å². The third-order valence-corrected chi connectivity index (χ3v) is 5.61. The zero-order valence-corrected chi connectivity index (χ0v) is 16.5. The summed E-state index contributed by atoms with van der Waals surface area (Å²) in [6, 6.07) is 9.58. The van der Waals surface area contributed by atoms with E-state index in [2.05, 4.69) is 18.0 Å². The van der Waals surface area contributed by atoms with Crippen LogP contribution in [0, 0.1) is 6.92 Å². The molecule has 4 aromatic rings. The lowest BCUT2D eigenvalue weighted by Crippen LogP contribution is -2.12. The SMILES string of the molecule is CCc1cc(-c2nc(-c3cc(C(N)=O)c(C)n3Cc3ccco3)cs2)ccn1. The van der Waals surface area contributed by atoms with E-state index >= 15 is 0 Å². The van der Waals surface area contributed by atoms with E-state index in [0.717, 1.165) is 45.5 Å². The summed E-state index contributed by atoms with van der Waals surface area (Å²) in [6.45, 7) is 4.47. The fourth-order valence-corrected chi connectivity index (χ4v) is 4.01. The molecule has 6 nitrogen and oxygen atoms in total. The molecule has 0 aliphatic heterocycles. The molecule has 1 amide bonds. The minimum absolute atomic E-state index is 0.450. The normalized spacial score (nSPS) is 11.1. The Balaban J connectivity index is 1.77. The highest BCUT2D eigenvalue weighted by Gasteiger charge is 2.19. The van der Waals surface area contributed by atoms with Gasteiger partial charge in [0, 0.05) is 28.5 Å². The van der Waals surface area contributed by atoms with E-state index in [1.165, 1.54) is 0 Å². The first-order valence-corrected chi connectivity index (χ1v) is 9.88. The minimum atomic E-state index is -0.450. The third-order valence-electron chi connectivity index (χ3n) is 4.72. The molecule has 7 heteroatoms.